The Labute approximate surface area is 160 Å². The topological polar surface area (TPSA) is 91.6 Å². The molecule has 2 aliphatic heterocycles. The van der Waals surface area contributed by atoms with Gasteiger partial charge in [0.05, 0.1) is 25.3 Å². The van der Waals surface area contributed by atoms with Gasteiger partial charge in [-0.15, -0.1) is 0 Å². The normalized spacial score (nSPS) is 23.9. The van der Waals surface area contributed by atoms with Crippen LogP contribution in [-0.4, -0.2) is 64.4 Å². The van der Waals surface area contributed by atoms with Crippen molar-refractivity contribution in [2.24, 2.45) is 5.41 Å². The molecule has 2 aliphatic rings. The average Bonchev–Trinajstić information content (AvgIpc) is 3.32. The largest absolute Gasteiger partial charge is 0.493 e. The molecule has 1 spiro atoms. The van der Waals surface area contributed by atoms with Crippen LogP contribution in [-0.2, 0) is 11.0 Å². The van der Waals surface area contributed by atoms with Gasteiger partial charge in [-0.1, -0.05) is 0 Å². The van der Waals surface area contributed by atoms with Crippen LogP contribution in [0.5, 0.6) is 11.5 Å². The monoisotopic (exact) mass is 389 g/mol. The Hall–Kier alpha value is -2.26. The highest BCUT2D eigenvalue weighted by molar-refractivity contribution is 7.96. The van der Waals surface area contributed by atoms with E-state index in [1.54, 1.807) is 20.5 Å². The van der Waals surface area contributed by atoms with Crippen molar-refractivity contribution in [3.63, 3.8) is 0 Å². The second kappa shape index (κ2) is 7.05. The molecule has 27 heavy (non-hydrogen) atoms. The maximum Gasteiger partial charge on any atom is 0.162 e. The third-order valence-corrected chi connectivity index (χ3v) is 6.64. The van der Waals surface area contributed by atoms with Crippen molar-refractivity contribution < 1.29 is 13.7 Å². The highest BCUT2D eigenvalue weighted by Gasteiger charge is 2.45. The first-order valence-corrected chi connectivity index (χ1v) is 10.0. The van der Waals surface area contributed by atoms with Crippen molar-refractivity contribution in [2.75, 3.05) is 45.3 Å². The van der Waals surface area contributed by atoms with E-state index >= 15 is 0 Å². The predicted octanol–water partition coefficient (Wildman–Crippen LogP) is 1.82. The molecular formula is C18H23N5O3S. The minimum absolute atomic E-state index is 0.104. The number of ether oxygens (including phenoxy) is 2. The predicted molar refractivity (Wildman–Crippen MR) is 105 cm³/mol. The molecule has 3 heterocycles. The molecule has 0 saturated carbocycles. The maximum atomic E-state index is 11.9. The number of nitrogens with zero attached hydrogens (tertiary/aromatic N) is 4. The van der Waals surface area contributed by atoms with Gasteiger partial charge in [0.1, 0.15) is 23.1 Å². The number of rotatable bonds is 5. The number of methoxy groups -OCH3 is 2. The summed E-state index contributed by atoms with van der Waals surface area (Å²) in [5.74, 6) is 2.20. The number of hydrogen-bond acceptors (Lipinski definition) is 7. The van der Waals surface area contributed by atoms with Gasteiger partial charge in [-0.25, -0.2) is 18.5 Å². The summed E-state index contributed by atoms with van der Waals surface area (Å²) in [6.45, 7) is 3.28. The van der Waals surface area contributed by atoms with E-state index in [1.165, 1.54) is 0 Å². The van der Waals surface area contributed by atoms with Crippen LogP contribution in [0.15, 0.2) is 18.5 Å². The Morgan fingerprint density at radius 1 is 1.15 bits per heavy atom. The van der Waals surface area contributed by atoms with Crippen molar-refractivity contribution in [1.29, 1.82) is 5.41 Å². The lowest BCUT2D eigenvalue weighted by Crippen LogP contribution is -2.32. The van der Waals surface area contributed by atoms with Crippen LogP contribution < -0.4 is 14.4 Å². The van der Waals surface area contributed by atoms with E-state index in [2.05, 4.69) is 14.9 Å². The number of hydrogen-bond donors (Lipinski definition) is 1. The summed E-state index contributed by atoms with van der Waals surface area (Å²) >= 11 is 0. The molecule has 2 atom stereocenters. The van der Waals surface area contributed by atoms with E-state index < -0.39 is 11.0 Å². The summed E-state index contributed by atoms with van der Waals surface area (Å²) in [4.78, 5) is 11.2. The number of fused-ring (bicyclic) bond motifs is 1. The fourth-order valence-corrected chi connectivity index (χ4v) is 5.01. The van der Waals surface area contributed by atoms with Crippen molar-refractivity contribution in [1.82, 2.24) is 14.3 Å². The first-order chi connectivity index (χ1) is 13.1. The van der Waals surface area contributed by atoms with Gasteiger partial charge in [0, 0.05) is 43.0 Å². The van der Waals surface area contributed by atoms with E-state index in [0.717, 1.165) is 61.3 Å². The van der Waals surface area contributed by atoms with Crippen molar-refractivity contribution in [2.45, 2.75) is 12.8 Å². The summed E-state index contributed by atoms with van der Waals surface area (Å²) in [6, 6.07) is 3.80. The Bertz CT molecular complexity index is 908. The second-order valence-electron chi connectivity index (χ2n) is 7.10. The molecule has 2 aromatic rings. The molecule has 9 heteroatoms. The molecule has 0 amide bonds. The molecule has 1 aromatic heterocycles. The Kier molecular flexibility index (Phi) is 4.73. The van der Waals surface area contributed by atoms with Crippen LogP contribution >= 0.6 is 0 Å². The number of aromatic nitrogens is 2. The fourth-order valence-electron chi connectivity index (χ4n) is 4.19. The SMILES string of the molecule is COc1cc2ncnc(N3CCC4(CCN(S(=O)C=N)C4)C3)c2cc1OC. The Balaban J connectivity index is 1.64. The van der Waals surface area contributed by atoms with Crippen LogP contribution in [0.25, 0.3) is 10.9 Å². The summed E-state index contributed by atoms with van der Waals surface area (Å²) in [5.41, 5.74) is 1.94. The summed E-state index contributed by atoms with van der Waals surface area (Å²) in [6.07, 6.45) is 3.60. The van der Waals surface area contributed by atoms with Gasteiger partial charge in [0.15, 0.2) is 11.5 Å². The Morgan fingerprint density at radius 3 is 2.63 bits per heavy atom. The maximum absolute atomic E-state index is 11.9. The summed E-state index contributed by atoms with van der Waals surface area (Å²) in [7, 11) is 1.92. The minimum atomic E-state index is -1.31. The van der Waals surface area contributed by atoms with Gasteiger partial charge < -0.3 is 14.4 Å². The van der Waals surface area contributed by atoms with E-state index in [-0.39, 0.29) is 5.41 Å². The zero-order chi connectivity index (χ0) is 19.0. The first kappa shape index (κ1) is 18.1. The first-order valence-electron chi connectivity index (χ1n) is 8.87. The van der Waals surface area contributed by atoms with Crippen LogP contribution in [0.4, 0.5) is 5.82 Å². The third kappa shape index (κ3) is 3.14. The lowest BCUT2D eigenvalue weighted by molar-refractivity contribution is 0.347. The van der Waals surface area contributed by atoms with Gasteiger partial charge in [-0.2, -0.15) is 0 Å². The Morgan fingerprint density at radius 2 is 1.89 bits per heavy atom. The lowest BCUT2D eigenvalue weighted by atomic mass is 9.86. The van der Waals surface area contributed by atoms with Crippen molar-refractivity contribution in [3.8, 4) is 11.5 Å². The standard InChI is InChI=1S/C18H23N5O3S/c1-25-15-7-13-14(8-16(15)26-2)20-12-21-17(13)22-5-3-18(9-22)4-6-23(10-18)27(24)11-19/h7-8,11-12,19H,3-6,9-10H2,1-2H3. The molecule has 144 valence electrons. The van der Waals surface area contributed by atoms with E-state index in [4.69, 9.17) is 14.9 Å². The van der Waals surface area contributed by atoms with Gasteiger partial charge in [-0.05, 0) is 18.9 Å². The van der Waals surface area contributed by atoms with Gasteiger partial charge in [0.2, 0.25) is 0 Å². The van der Waals surface area contributed by atoms with Crippen LogP contribution in [0, 0.1) is 10.8 Å². The molecule has 0 radical (unpaired) electrons. The van der Waals surface area contributed by atoms with Gasteiger partial charge in [-0.3, -0.25) is 5.41 Å². The smallest absolute Gasteiger partial charge is 0.162 e. The molecule has 8 nitrogen and oxygen atoms in total. The van der Waals surface area contributed by atoms with Crippen LogP contribution in [0.3, 0.4) is 0 Å². The molecule has 1 aromatic carbocycles. The molecule has 0 aliphatic carbocycles. The quantitative estimate of drug-likeness (QED) is 0.620. The highest BCUT2D eigenvalue weighted by atomic mass is 32.2. The zero-order valence-electron chi connectivity index (χ0n) is 15.5. The molecule has 2 unspecified atom stereocenters. The third-order valence-electron chi connectivity index (χ3n) is 5.62. The molecule has 1 N–H and O–H groups in total. The van der Waals surface area contributed by atoms with Crippen molar-refractivity contribution in [3.05, 3.63) is 18.5 Å². The summed E-state index contributed by atoms with van der Waals surface area (Å²) in [5, 5.41) is 8.19. The van der Waals surface area contributed by atoms with Crippen LogP contribution in [0.1, 0.15) is 12.8 Å². The van der Waals surface area contributed by atoms with E-state index in [1.807, 2.05) is 16.4 Å². The van der Waals surface area contributed by atoms with E-state index in [9.17, 15) is 4.21 Å². The van der Waals surface area contributed by atoms with Gasteiger partial charge >= 0.3 is 0 Å². The van der Waals surface area contributed by atoms with Crippen LogP contribution in [0.2, 0.25) is 0 Å². The van der Waals surface area contributed by atoms with Gasteiger partial charge in [0.25, 0.3) is 0 Å². The average molecular weight is 389 g/mol. The molecule has 0 bridgehead atoms. The number of nitrogens with one attached hydrogen (secondary N) is 1. The number of anilines is 1. The highest BCUT2D eigenvalue weighted by Crippen LogP contribution is 2.43. The second-order valence-corrected chi connectivity index (χ2v) is 8.41. The fraction of sp³-hybridized carbons (Fsp3) is 0.500. The molecule has 4 rings (SSSR count). The zero-order valence-corrected chi connectivity index (χ0v) is 16.3. The van der Waals surface area contributed by atoms with Crippen molar-refractivity contribution >= 4 is 33.3 Å². The number of benzene rings is 1. The van der Waals surface area contributed by atoms with E-state index in [0.29, 0.717) is 11.5 Å². The minimum Gasteiger partial charge on any atom is -0.493 e. The molecule has 2 saturated heterocycles. The molecule has 2 fully saturated rings. The lowest BCUT2D eigenvalue weighted by Gasteiger charge is -2.25. The molecular weight excluding hydrogens is 366 g/mol. The summed E-state index contributed by atoms with van der Waals surface area (Å²) < 4.78 is 24.7.